The van der Waals surface area contributed by atoms with Crippen LogP contribution in [0.15, 0.2) is 30.3 Å². The molecule has 0 amide bonds. The zero-order valence-electron chi connectivity index (χ0n) is 8.40. The molecule has 0 aromatic heterocycles. The van der Waals surface area contributed by atoms with Gasteiger partial charge in [-0.05, 0) is 19.7 Å². The second kappa shape index (κ2) is 5.00. The lowest BCUT2D eigenvalue weighted by Gasteiger charge is -2.19. The van der Waals surface area contributed by atoms with Gasteiger partial charge in [0.15, 0.2) is 0 Å². The van der Waals surface area contributed by atoms with Crippen molar-refractivity contribution in [3.8, 4) is 0 Å². The highest BCUT2D eigenvalue weighted by Crippen LogP contribution is 2.14. The van der Waals surface area contributed by atoms with Crippen LogP contribution in [0.4, 0.5) is 0 Å². The fraction of sp³-hybridized carbons (Fsp3) is 0.455. The number of likely N-dealkylation sites (N-methyl/N-ethyl adjacent to an activating group) is 1. The second-order valence-electron chi connectivity index (χ2n) is 3.61. The molecule has 0 aliphatic heterocycles. The molecule has 1 rings (SSSR count). The molecule has 2 nitrogen and oxygen atoms in total. The summed E-state index contributed by atoms with van der Waals surface area (Å²) in [6, 6.07) is 10.4. The number of hydrogen-bond acceptors (Lipinski definition) is 2. The Hall–Kier alpha value is -0.860. The van der Waals surface area contributed by atoms with Crippen LogP contribution in [0.3, 0.4) is 0 Å². The molecule has 1 atom stereocenters. The highest BCUT2D eigenvalue weighted by Gasteiger charge is 2.09. The van der Waals surface area contributed by atoms with E-state index in [1.165, 1.54) is 5.56 Å². The topological polar surface area (TPSA) is 29.3 Å². The Morgan fingerprint density at radius 3 is 2.31 bits per heavy atom. The van der Waals surface area contributed by atoms with E-state index in [1.807, 2.05) is 6.07 Å². The Labute approximate surface area is 80.4 Å². The predicted octanol–water partition coefficient (Wildman–Crippen LogP) is 1.29. The van der Waals surface area contributed by atoms with Crippen LogP contribution in [-0.2, 0) is 0 Å². The van der Waals surface area contributed by atoms with Crippen molar-refractivity contribution in [3.63, 3.8) is 0 Å². The Balaban J connectivity index is 2.67. The lowest BCUT2D eigenvalue weighted by Crippen LogP contribution is -2.25. The summed E-state index contributed by atoms with van der Waals surface area (Å²) in [6.07, 6.45) is 0. The van der Waals surface area contributed by atoms with Gasteiger partial charge in [-0.2, -0.15) is 0 Å². The Kier molecular flexibility index (Phi) is 3.93. The molecule has 0 unspecified atom stereocenters. The van der Waals surface area contributed by atoms with Crippen molar-refractivity contribution in [2.75, 3.05) is 27.2 Å². The lowest BCUT2D eigenvalue weighted by molar-refractivity contribution is 0.375. The van der Waals surface area contributed by atoms with Crippen molar-refractivity contribution in [1.82, 2.24) is 4.90 Å². The average Bonchev–Trinajstić information content (AvgIpc) is 2.15. The van der Waals surface area contributed by atoms with E-state index in [0.717, 1.165) is 6.54 Å². The van der Waals surface area contributed by atoms with Crippen molar-refractivity contribution in [2.45, 2.75) is 5.92 Å². The SMILES string of the molecule is CN(C)C[C@H](CN)c1ccccc1. The van der Waals surface area contributed by atoms with E-state index in [1.54, 1.807) is 0 Å². The van der Waals surface area contributed by atoms with Gasteiger partial charge in [-0.1, -0.05) is 30.3 Å². The van der Waals surface area contributed by atoms with Gasteiger partial charge in [0.25, 0.3) is 0 Å². The second-order valence-corrected chi connectivity index (χ2v) is 3.61. The van der Waals surface area contributed by atoms with Gasteiger partial charge in [0.1, 0.15) is 0 Å². The fourth-order valence-corrected chi connectivity index (χ4v) is 1.48. The first kappa shape index (κ1) is 10.2. The van der Waals surface area contributed by atoms with Gasteiger partial charge >= 0.3 is 0 Å². The summed E-state index contributed by atoms with van der Waals surface area (Å²) >= 11 is 0. The lowest BCUT2D eigenvalue weighted by atomic mass is 9.99. The molecule has 0 spiro atoms. The van der Waals surface area contributed by atoms with Crippen molar-refractivity contribution in [3.05, 3.63) is 35.9 Å². The Morgan fingerprint density at radius 2 is 1.85 bits per heavy atom. The van der Waals surface area contributed by atoms with Gasteiger partial charge in [-0.15, -0.1) is 0 Å². The molecule has 2 N–H and O–H groups in total. The van der Waals surface area contributed by atoms with E-state index in [2.05, 4.69) is 43.3 Å². The van der Waals surface area contributed by atoms with E-state index in [4.69, 9.17) is 5.73 Å². The van der Waals surface area contributed by atoms with Crippen molar-refractivity contribution >= 4 is 0 Å². The maximum Gasteiger partial charge on any atom is 0.00886 e. The number of nitrogens with zero attached hydrogens (tertiary/aromatic N) is 1. The van der Waals surface area contributed by atoms with Crippen LogP contribution in [0.25, 0.3) is 0 Å². The summed E-state index contributed by atoms with van der Waals surface area (Å²) in [6.45, 7) is 1.72. The fourth-order valence-electron chi connectivity index (χ4n) is 1.48. The number of nitrogens with two attached hydrogens (primary N) is 1. The summed E-state index contributed by atoms with van der Waals surface area (Å²) in [5.74, 6) is 0.455. The largest absolute Gasteiger partial charge is 0.330 e. The smallest absolute Gasteiger partial charge is 0.00886 e. The zero-order valence-corrected chi connectivity index (χ0v) is 8.40. The summed E-state index contributed by atoms with van der Waals surface area (Å²) in [5.41, 5.74) is 7.06. The molecule has 0 aliphatic rings. The molecular weight excluding hydrogens is 160 g/mol. The molecule has 0 radical (unpaired) electrons. The maximum absolute atomic E-state index is 5.73. The van der Waals surface area contributed by atoms with Crippen LogP contribution in [0.2, 0.25) is 0 Å². The minimum Gasteiger partial charge on any atom is -0.330 e. The molecule has 0 heterocycles. The van der Waals surface area contributed by atoms with Gasteiger partial charge in [-0.25, -0.2) is 0 Å². The third kappa shape index (κ3) is 3.17. The summed E-state index contributed by atoms with van der Waals surface area (Å²) < 4.78 is 0. The molecule has 1 aromatic rings. The highest BCUT2D eigenvalue weighted by atomic mass is 15.1. The zero-order chi connectivity index (χ0) is 9.68. The third-order valence-electron chi connectivity index (χ3n) is 2.14. The van der Waals surface area contributed by atoms with Gasteiger partial charge in [-0.3, -0.25) is 0 Å². The van der Waals surface area contributed by atoms with E-state index in [-0.39, 0.29) is 0 Å². The molecule has 13 heavy (non-hydrogen) atoms. The number of benzene rings is 1. The normalized spacial score (nSPS) is 13.2. The van der Waals surface area contributed by atoms with E-state index >= 15 is 0 Å². The first-order chi connectivity index (χ1) is 6.24. The molecule has 2 heteroatoms. The summed E-state index contributed by atoms with van der Waals surface area (Å²) in [7, 11) is 4.15. The quantitative estimate of drug-likeness (QED) is 0.752. The monoisotopic (exact) mass is 178 g/mol. The third-order valence-corrected chi connectivity index (χ3v) is 2.14. The van der Waals surface area contributed by atoms with E-state index in [9.17, 15) is 0 Å². The van der Waals surface area contributed by atoms with Crippen LogP contribution in [0, 0.1) is 0 Å². The molecule has 0 saturated heterocycles. The highest BCUT2D eigenvalue weighted by molar-refractivity contribution is 5.20. The molecule has 0 saturated carbocycles. The first-order valence-corrected chi connectivity index (χ1v) is 4.63. The molecular formula is C11H18N2. The van der Waals surface area contributed by atoms with Crippen LogP contribution in [0.1, 0.15) is 11.5 Å². The molecule has 72 valence electrons. The van der Waals surface area contributed by atoms with E-state index in [0.29, 0.717) is 12.5 Å². The van der Waals surface area contributed by atoms with Crippen molar-refractivity contribution in [1.29, 1.82) is 0 Å². The van der Waals surface area contributed by atoms with Gasteiger partial charge in [0.2, 0.25) is 0 Å². The van der Waals surface area contributed by atoms with Gasteiger partial charge < -0.3 is 10.6 Å². The number of hydrogen-bond donors (Lipinski definition) is 1. The van der Waals surface area contributed by atoms with Gasteiger partial charge in [0, 0.05) is 19.0 Å². The maximum atomic E-state index is 5.73. The summed E-state index contributed by atoms with van der Waals surface area (Å²) in [5, 5.41) is 0. The first-order valence-electron chi connectivity index (χ1n) is 4.63. The Morgan fingerprint density at radius 1 is 1.23 bits per heavy atom. The molecule has 1 aromatic carbocycles. The minimum atomic E-state index is 0.455. The average molecular weight is 178 g/mol. The van der Waals surface area contributed by atoms with Crippen LogP contribution >= 0.6 is 0 Å². The van der Waals surface area contributed by atoms with Gasteiger partial charge in [0.05, 0.1) is 0 Å². The molecule has 0 aliphatic carbocycles. The number of rotatable bonds is 4. The minimum absolute atomic E-state index is 0.455. The summed E-state index contributed by atoms with van der Waals surface area (Å²) in [4.78, 5) is 2.17. The van der Waals surface area contributed by atoms with Crippen molar-refractivity contribution in [2.24, 2.45) is 5.73 Å². The molecule has 0 bridgehead atoms. The van der Waals surface area contributed by atoms with Crippen LogP contribution < -0.4 is 5.73 Å². The van der Waals surface area contributed by atoms with Crippen molar-refractivity contribution < 1.29 is 0 Å². The molecule has 0 fully saturated rings. The standard InChI is InChI=1S/C11H18N2/c1-13(2)9-11(8-12)10-6-4-3-5-7-10/h3-7,11H,8-9,12H2,1-2H3/t11-/m0/s1. The Bertz CT molecular complexity index is 231. The van der Waals surface area contributed by atoms with Crippen LogP contribution in [0.5, 0.6) is 0 Å². The predicted molar refractivity (Wildman–Crippen MR) is 56.8 cm³/mol. The van der Waals surface area contributed by atoms with E-state index < -0.39 is 0 Å². The van der Waals surface area contributed by atoms with Crippen LogP contribution in [-0.4, -0.2) is 32.1 Å².